The maximum atomic E-state index is 12.7. The molecule has 0 saturated carbocycles. The SMILES string of the molecule is COc1cc(O)c2c(c1)C1=CC3OC(C)(OC)C(C)(OC)OC3CC1(C)OC2=O. The summed E-state index contributed by atoms with van der Waals surface area (Å²) in [5.74, 6) is -2.65. The topological polar surface area (TPSA) is 92.7 Å². The lowest BCUT2D eigenvalue weighted by Gasteiger charge is -2.55. The third-order valence-electron chi connectivity index (χ3n) is 6.34. The van der Waals surface area contributed by atoms with Crippen molar-refractivity contribution in [3.63, 3.8) is 0 Å². The molecule has 1 N–H and O–H groups in total. The van der Waals surface area contributed by atoms with Gasteiger partial charge in [0, 0.05) is 37.8 Å². The van der Waals surface area contributed by atoms with Crippen LogP contribution in [0.2, 0.25) is 0 Å². The van der Waals surface area contributed by atoms with Crippen LogP contribution in [-0.2, 0) is 23.7 Å². The number of esters is 1. The fourth-order valence-electron chi connectivity index (χ4n) is 4.38. The molecule has 0 bridgehead atoms. The first kappa shape index (κ1) is 20.2. The molecule has 0 radical (unpaired) electrons. The molecule has 158 valence electrons. The molecule has 4 rings (SSSR count). The Morgan fingerprint density at radius 3 is 2.34 bits per heavy atom. The van der Waals surface area contributed by atoms with E-state index in [9.17, 15) is 9.90 Å². The first-order valence-electron chi connectivity index (χ1n) is 9.42. The zero-order valence-corrected chi connectivity index (χ0v) is 17.4. The first-order chi connectivity index (χ1) is 13.6. The fourth-order valence-corrected chi connectivity index (χ4v) is 4.38. The molecule has 0 aromatic heterocycles. The maximum absolute atomic E-state index is 12.7. The van der Waals surface area contributed by atoms with Crippen molar-refractivity contribution < 1.29 is 38.3 Å². The first-order valence-corrected chi connectivity index (χ1v) is 9.42. The Morgan fingerprint density at radius 2 is 1.72 bits per heavy atom. The van der Waals surface area contributed by atoms with Crippen LogP contribution < -0.4 is 4.74 Å². The Bertz CT molecular complexity index is 895. The highest BCUT2D eigenvalue weighted by molar-refractivity contribution is 6.03. The highest BCUT2D eigenvalue weighted by atomic mass is 16.8. The van der Waals surface area contributed by atoms with Crippen LogP contribution in [0.3, 0.4) is 0 Å². The molecule has 8 nitrogen and oxygen atoms in total. The second-order valence-electron chi connectivity index (χ2n) is 8.01. The number of rotatable bonds is 3. The molecule has 1 aliphatic carbocycles. The molecule has 5 atom stereocenters. The van der Waals surface area contributed by atoms with Crippen molar-refractivity contribution in [1.29, 1.82) is 0 Å². The molecule has 1 aromatic carbocycles. The average Bonchev–Trinajstić information content (AvgIpc) is 2.67. The summed E-state index contributed by atoms with van der Waals surface area (Å²) in [4.78, 5) is 12.7. The summed E-state index contributed by atoms with van der Waals surface area (Å²) in [7, 11) is 4.56. The lowest BCUT2D eigenvalue weighted by Crippen LogP contribution is -2.66. The number of carbonyl (C=O) groups is 1. The Hall–Kier alpha value is -2.13. The number of phenolic OH excluding ortho intramolecular Hbond substituents is 1. The van der Waals surface area contributed by atoms with Crippen molar-refractivity contribution in [1.82, 2.24) is 0 Å². The molecule has 1 saturated heterocycles. The van der Waals surface area contributed by atoms with Crippen molar-refractivity contribution >= 4 is 11.5 Å². The summed E-state index contributed by atoms with van der Waals surface area (Å²) in [6, 6.07) is 3.11. The van der Waals surface area contributed by atoms with Crippen molar-refractivity contribution in [2.24, 2.45) is 0 Å². The zero-order chi connectivity index (χ0) is 21.2. The monoisotopic (exact) mass is 406 g/mol. The van der Waals surface area contributed by atoms with E-state index in [1.54, 1.807) is 19.9 Å². The van der Waals surface area contributed by atoms with Gasteiger partial charge in [-0.3, -0.25) is 0 Å². The second kappa shape index (κ2) is 6.43. The maximum Gasteiger partial charge on any atom is 0.343 e. The lowest BCUT2D eigenvalue weighted by atomic mass is 9.74. The predicted molar refractivity (Wildman–Crippen MR) is 102 cm³/mol. The summed E-state index contributed by atoms with van der Waals surface area (Å²) in [6.07, 6.45) is 1.32. The summed E-state index contributed by atoms with van der Waals surface area (Å²) in [6.45, 7) is 5.33. The van der Waals surface area contributed by atoms with Gasteiger partial charge in [-0.15, -0.1) is 0 Å². The average molecular weight is 406 g/mol. The Labute approximate surface area is 169 Å². The molecule has 2 aliphatic heterocycles. The van der Waals surface area contributed by atoms with Crippen LogP contribution in [-0.4, -0.2) is 61.8 Å². The zero-order valence-electron chi connectivity index (χ0n) is 17.4. The third kappa shape index (κ3) is 2.78. The van der Waals surface area contributed by atoms with Gasteiger partial charge >= 0.3 is 5.97 Å². The normalized spacial score (nSPS) is 38.3. The number of carbonyl (C=O) groups excluding carboxylic acids is 1. The summed E-state index contributed by atoms with van der Waals surface area (Å²) in [5, 5.41) is 10.4. The second-order valence-corrected chi connectivity index (χ2v) is 8.01. The Balaban J connectivity index is 1.84. The highest BCUT2D eigenvalue weighted by Gasteiger charge is 2.60. The van der Waals surface area contributed by atoms with Crippen molar-refractivity contribution in [2.45, 2.75) is 56.6 Å². The molecule has 29 heavy (non-hydrogen) atoms. The molecule has 1 fully saturated rings. The van der Waals surface area contributed by atoms with Gasteiger partial charge in [0.15, 0.2) is 0 Å². The molecular weight excluding hydrogens is 380 g/mol. The number of benzene rings is 1. The predicted octanol–water partition coefficient (Wildman–Crippen LogP) is 2.63. The van der Waals surface area contributed by atoms with Gasteiger partial charge in [0.05, 0.1) is 13.2 Å². The quantitative estimate of drug-likeness (QED) is 0.766. The Morgan fingerprint density at radius 1 is 1.07 bits per heavy atom. The van der Waals surface area contributed by atoms with Crippen LogP contribution in [0.25, 0.3) is 5.57 Å². The van der Waals surface area contributed by atoms with Crippen molar-refractivity contribution in [3.05, 3.63) is 29.3 Å². The van der Waals surface area contributed by atoms with Gasteiger partial charge in [0.25, 0.3) is 0 Å². The van der Waals surface area contributed by atoms with Gasteiger partial charge < -0.3 is 33.5 Å². The highest BCUT2D eigenvalue weighted by Crippen LogP contribution is 2.51. The van der Waals surface area contributed by atoms with Crippen molar-refractivity contribution in [3.8, 4) is 11.5 Å². The van der Waals surface area contributed by atoms with Gasteiger partial charge in [-0.2, -0.15) is 0 Å². The summed E-state index contributed by atoms with van der Waals surface area (Å²) in [5.41, 5.74) is 0.441. The van der Waals surface area contributed by atoms with Crippen LogP contribution in [0, 0.1) is 0 Å². The van der Waals surface area contributed by atoms with Crippen LogP contribution >= 0.6 is 0 Å². The van der Waals surface area contributed by atoms with Crippen LogP contribution in [0.5, 0.6) is 11.5 Å². The van der Waals surface area contributed by atoms with Crippen LogP contribution in [0.1, 0.15) is 43.1 Å². The molecule has 1 aromatic rings. The van der Waals surface area contributed by atoms with E-state index in [-0.39, 0.29) is 11.3 Å². The van der Waals surface area contributed by atoms with Gasteiger partial charge in [0.1, 0.15) is 28.8 Å². The van der Waals surface area contributed by atoms with Gasteiger partial charge in [-0.1, -0.05) is 0 Å². The third-order valence-corrected chi connectivity index (χ3v) is 6.34. The smallest absolute Gasteiger partial charge is 0.343 e. The molecule has 0 spiro atoms. The standard InChI is InChI=1S/C21H26O8/c1-19-10-16-15(27-20(2,25-5)21(3,26-6)28-16)9-13(19)12-7-11(24-4)8-14(22)17(12)18(23)29-19/h7-9,15-16,22H,10H2,1-6H3. The van der Waals surface area contributed by atoms with E-state index in [0.717, 1.165) is 5.57 Å². The van der Waals surface area contributed by atoms with E-state index in [0.29, 0.717) is 17.7 Å². The van der Waals surface area contributed by atoms with Gasteiger partial charge in [-0.05, 0) is 32.9 Å². The number of ether oxygens (including phenoxy) is 6. The fraction of sp³-hybridized carbons (Fsp3) is 0.571. The number of hydrogen-bond donors (Lipinski definition) is 1. The minimum absolute atomic E-state index is 0.112. The Kier molecular flexibility index (Phi) is 4.47. The minimum atomic E-state index is -1.15. The van der Waals surface area contributed by atoms with E-state index in [1.807, 2.05) is 13.0 Å². The molecular formula is C21H26O8. The molecule has 8 heteroatoms. The number of methoxy groups -OCH3 is 3. The van der Waals surface area contributed by atoms with E-state index in [4.69, 9.17) is 28.4 Å². The van der Waals surface area contributed by atoms with Gasteiger partial charge in [-0.25, -0.2) is 4.79 Å². The van der Waals surface area contributed by atoms with Gasteiger partial charge in [0.2, 0.25) is 11.6 Å². The number of hydrogen-bond acceptors (Lipinski definition) is 8. The number of fused-ring (bicyclic) bond motifs is 4. The summed E-state index contributed by atoms with van der Waals surface area (Å²) < 4.78 is 34.7. The van der Waals surface area contributed by atoms with Crippen molar-refractivity contribution in [2.75, 3.05) is 21.3 Å². The number of phenols is 1. The lowest BCUT2D eigenvalue weighted by molar-refractivity contribution is -0.445. The van der Waals surface area contributed by atoms with E-state index in [1.165, 1.54) is 27.4 Å². The summed E-state index contributed by atoms with van der Waals surface area (Å²) >= 11 is 0. The largest absolute Gasteiger partial charge is 0.507 e. The molecule has 2 heterocycles. The molecule has 0 amide bonds. The van der Waals surface area contributed by atoms with Crippen LogP contribution in [0.15, 0.2) is 18.2 Å². The number of aromatic hydroxyl groups is 1. The minimum Gasteiger partial charge on any atom is -0.507 e. The van der Waals surface area contributed by atoms with E-state index < -0.39 is 35.4 Å². The van der Waals surface area contributed by atoms with E-state index >= 15 is 0 Å². The molecule has 5 unspecified atom stereocenters. The van der Waals surface area contributed by atoms with E-state index in [2.05, 4.69) is 0 Å². The van der Waals surface area contributed by atoms with Crippen LogP contribution in [0.4, 0.5) is 0 Å². The molecule has 3 aliphatic rings.